The van der Waals surface area contributed by atoms with Gasteiger partial charge in [-0.2, -0.15) is 0 Å². The zero-order valence-corrected chi connectivity index (χ0v) is 14.0. The third-order valence-electron chi connectivity index (χ3n) is 5.01. The van der Waals surface area contributed by atoms with Gasteiger partial charge in [0.25, 0.3) is 0 Å². The van der Waals surface area contributed by atoms with Crippen molar-refractivity contribution in [1.82, 2.24) is 4.90 Å². The maximum atomic E-state index is 11.3. The van der Waals surface area contributed by atoms with Crippen LogP contribution in [-0.4, -0.2) is 41.8 Å². The SMILES string of the molecule is COc1cc2c(c(CN3CC(C(=O)O)CCC3C)c1)OC(C)C2. The second kappa shape index (κ2) is 6.40. The molecule has 2 aliphatic rings. The third kappa shape index (κ3) is 3.29. The number of carboxylic acid groups (broad SMARTS) is 1. The van der Waals surface area contributed by atoms with Crippen molar-refractivity contribution in [2.24, 2.45) is 5.92 Å². The minimum atomic E-state index is -0.692. The molecule has 23 heavy (non-hydrogen) atoms. The number of likely N-dealkylation sites (tertiary alicyclic amines) is 1. The molecule has 0 amide bonds. The van der Waals surface area contributed by atoms with Gasteiger partial charge in [-0.05, 0) is 38.8 Å². The van der Waals surface area contributed by atoms with Gasteiger partial charge >= 0.3 is 5.97 Å². The van der Waals surface area contributed by atoms with Crippen molar-refractivity contribution in [2.75, 3.05) is 13.7 Å². The van der Waals surface area contributed by atoms with E-state index in [0.29, 0.717) is 19.1 Å². The Morgan fingerprint density at radius 3 is 2.87 bits per heavy atom. The van der Waals surface area contributed by atoms with Crippen LogP contribution in [0, 0.1) is 5.92 Å². The fourth-order valence-corrected chi connectivity index (χ4v) is 3.63. The van der Waals surface area contributed by atoms with E-state index in [1.807, 2.05) is 12.1 Å². The molecule has 2 heterocycles. The lowest BCUT2D eigenvalue weighted by molar-refractivity contribution is -0.144. The van der Waals surface area contributed by atoms with Crippen LogP contribution in [0.25, 0.3) is 0 Å². The van der Waals surface area contributed by atoms with Crippen LogP contribution in [0.2, 0.25) is 0 Å². The van der Waals surface area contributed by atoms with E-state index < -0.39 is 5.97 Å². The zero-order chi connectivity index (χ0) is 16.6. The molecule has 0 aliphatic carbocycles. The highest BCUT2D eigenvalue weighted by Gasteiger charge is 2.31. The molecule has 0 radical (unpaired) electrons. The van der Waals surface area contributed by atoms with Crippen molar-refractivity contribution >= 4 is 5.97 Å². The minimum absolute atomic E-state index is 0.182. The summed E-state index contributed by atoms with van der Waals surface area (Å²) in [6.45, 7) is 5.54. The number of hydrogen-bond donors (Lipinski definition) is 1. The van der Waals surface area contributed by atoms with Crippen molar-refractivity contribution in [3.8, 4) is 11.5 Å². The molecule has 1 saturated heterocycles. The summed E-state index contributed by atoms with van der Waals surface area (Å²) in [5, 5.41) is 9.31. The van der Waals surface area contributed by atoms with E-state index in [0.717, 1.165) is 36.3 Å². The maximum absolute atomic E-state index is 11.3. The number of fused-ring (bicyclic) bond motifs is 1. The molecule has 3 rings (SSSR count). The van der Waals surface area contributed by atoms with Gasteiger partial charge in [0.2, 0.25) is 0 Å². The number of carboxylic acids is 1. The van der Waals surface area contributed by atoms with Gasteiger partial charge in [-0.15, -0.1) is 0 Å². The van der Waals surface area contributed by atoms with Crippen molar-refractivity contribution in [3.63, 3.8) is 0 Å². The van der Waals surface area contributed by atoms with Gasteiger partial charge < -0.3 is 14.6 Å². The van der Waals surface area contributed by atoms with Gasteiger partial charge in [-0.3, -0.25) is 9.69 Å². The predicted octanol–water partition coefficient (Wildman–Crippen LogP) is 2.70. The molecule has 1 aromatic rings. The van der Waals surface area contributed by atoms with Crippen LogP contribution >= 0.6 is 0 Å². The van der Waals surface area contributed by atoms with Crippen molar-refractivity contribution in [2.45, 2.75) is 51.8 Å². The van der Waals surface area contributed by atoms with Crippen LogP contribution in [0.15, 0.2) is 12.1 Å². The number of aliphatic carboxylic acids is 1. The molecule has 3 atom stereocenters. The predicted molar refractivity (Wildman–Crippen MR) is 87.0 cm³/mol. The average molecular weight is 319 g/mol. The number of piperidine rings is 1. The van der Waals surface area contributed by atoms with Gasteiger partial charge in [0.05, 0.1) is 13.0 Å². The Morgan fingerprint density at radius 1 is 1.39 bits per heavy atom. The lowest BCUT2D eigenvalue weighted by Crippen LogP contribution is -2.43. The number of hydrogen-bond acceptors (Lipinski definition) is 4. The summed E-state index contributed by atoms with van der Waals surface area (Å²) in [7, 11) is 1.68. The number of benzene rings is 1. The van der Waals surface area contributed by atoms with E-state index in [9.17, 15) is 9.90 Å². The molecule has 0 bridgehead atoms. The van der Waals surface area contributed by atoms with E-state index in [-0.39, 0.29) is 12.0 Å². The Bertz CT molecular complexity index is 601. The fourth-order valence-electron chi connectivity index (χ4n) is 3.63. The zero-order valence-electron chi connectivity index (χ0n) is 14.0. The third-order valence-corrected chi connectivity index (χ3v) is 5.01. The average Bonchev–Trinajstić information content (AvgIpc) is 2.89. The number of nitrogens with zero attached hydrogens (tertiary/aromatic N) is 1. The van der Waals surface area contributed by atoms with Gasteiger partial charge in [0, 0.05) is 36.7 Å². The molecule has 3 unspecified atom stereocenters. The fraction of sp³-hybridized carbons (Fsp3) is 0.611. The monoisotopic (exact) mass is 319 g/mol. The van der Waals surface area contributed by atoms with Gasteiger partial charge in [0.1, 0.15) is 17.6 Å². The number of rotatable bonds is 4. The van der Waals surface area contributed by atoms with Crippen LogP contribution in [-0.2, 0) is 17.8 Å². The molecule has 1 fully saturated rings. The second-order valence-corrected chi connectivity index (χ2v) is 6.80. The molecular formula is C18H25NO4. The maximum Gasteiger partial charge on any atom is 0.307 e. The summed E-state index contributed by atoms with van der Waals surface area (Å²) in [5.74, 6) is 0.839. The molecule has 0 aromatic heterocycles. The van der Waals surface area contributed by atoms with Gasteiger partial charge in [0.15, 0.2) is 0 Å². The molecule has 5 nitrogen and oxygen atoms in total. The molecule has 1 aromatic carbocycles. The van der Waals surface area contributed by atoms with Gasteiger partial charge in [-0.25, -0.2) is 0 Å². The van der Waals surface area contributed by atoms with E-state index in [1.54, 1.807) is 7.11 Å². The Hall–Kier alpha value is -1.75. The van der Waals surface area contributed by atoms with E-state index in [1.165, 1.54) is 5.56 Å². The lowest BCUT2D eigenvalue weighted by Gasteiger charge is -2.36. The van der Waals surface area contributed by atoms with Crippen molar-refractivity contribution in [3.05, 3.63) is 23.3 Å². The molecule has 126 valence electrons. The first-order chi connectivity index (χ1) is 11.0. The van der Waals surface area contributed by atoms with Crippen molar-refractivity contribution < 1.29 is 19.4 Å². The van der Waals surface area contributed by atoms with E-state index in [4.69, 9.17) is 9.47 Å². The summed E-state index contributed by atoms with van der Waals surface area (Å²) in [5.41, 5.74) is 2.29. The summed E-state index contributed by atoms with van der Waals surface area (Å²) in [6.07, 6.45) is 2.76. The summed E-state index contributed by atoms with van der Waals surface area (Å²) in [6, 6.07) is 4.45. The highest BCUT2D eigenvalue weighted by molar-refractivity contribution is 5.70. The van der Waals surface area contributed by atoms with Crippen molar-refractivity contribution in [1.29, 1.82) is 0 Å². The topological polar surface area (TPSA) is 59.0 Å². The first-order valence-corrected chi connectivity index (χ1v) is 8.31. The summed E-state index contributed by atoms with van der Waals surface area (Å²) >= 11 is 0. The molecule has 2 aliphatic heterocycles. The van der Waals surface area contributed by atoms with E-state index in [2.05, 4.69) is 18.7 Å². The largest absolute Gasteiger partial charge is 0.497 e. The molecule has 1 N–H and O–H groups in total. The van der Waals surface area contributed by atoms with E-state index >= 15 is 0 Å². The molecule has 0 spiro atoms. The summed E-state index contributed by atoms with van der Waals surface area (Å²) in [4.78, 5) is 13.6. The van der Waals surface area contributed by atoms with Crippen LogP contribution in [0.5, 0.6) is 11.5 Å². The quantitative estimate of drug-likeness (QED) is 0.924. The number of carbonyl (C=O) groups is 1. The van der Waals surface area contributed by atoms with Gasteiger partial charge in [-0.1, -0.05) is 0 Å². The summed E-state index contributed by atoms with van der Waals surface area (Å²) < 4.78 is 11.4. The first-order valence-electron chi connectivity index (χ1n) is 8.31. The normalized spacial score (nSPS) is 27.3. The van der Waals surface area contributed by atoms with Crippen LogP contribution < -0.4 is 9.47 Å². The Kier molecular flexibility index (Phi) is 4.48. The number of methoxy groups -OCH3 is 1. The molecule has 5 heteroatoms. The molecular weight excluding hydrogens is 294 g/mol. The Balaban J connectivity index is 1.84. The number of ether oxygens (including phenoxy) is 2. The highest BCUT2D eigenvalue weighted by atomic mass is 16.5. The smallest absolute Gasteiger partial charge is 0.307 e. The van der Waals surface area contributed by atoms with Crippen LogP contribution in [0.1, 0.15) is 37.8 Å². The second-order valence-electron chi connectivity index (χ2n) is 6.80. The van der Waals surface area contributed by atoms with Crippen LogP contribution in [0.4, 0.5) is 0 Å². The molecule has 0 saturated carbocycles. The van der Waals surface area contributed by atoms with Crippen LogP contribution in [0.3, 0.4) is 0 Å². The Morgan fingerprint density at radius 2 is 2.17 bits per heavy atom. The first kappa shape index (κ1) is 16.1. The minimum Gasteiger partial charge on any atom is -0.497 e. The Labute approximate surface area is 137 Å². The standard InChI is InChI=1S/C18H25NO4/c1-11-4-5-13(18(20)21)9-19(11)10-15-8-16(22-3)7-14-6-12(2)23-17(14)15/h7-8,11-13H,4-6,9-10H2,1-3H3,(H,20,21). The lowest BCUT2D eigenvalue weighted by atomic mass is 9.93. The highest BCUT2D eigenvalue weighted by Crippen LogP contribution is 2.37.